The number of benzene rings is 2. The Hall–Kier alpha value is -3.46. The van der Waals surface area contributed by atoms with E-state index in [1.54, 1.807) is 30.3 Å². The summed E-state index contributed by atoms with van der Waals surface area (Å²) in [7, 11) is 1.50. The van der Waals surface area contributed by atoms with Gasteiger partial charge in [-0.3, -0.25) is 9.59 Å². The maximum absolute atomic E-state index is 13.0. The van der Waals surface area contributed by atoms with Gasteiger partial charge in [0, 0.05) is 13.2 Å². The highest BCUT2D eigenvalue weighted by Crippen LogP contribution is 2.28. The molecule has 3 rings (SSSR count). The van der Waals surface area contributed by atoms with Gasteiger partial charge in [0.15, 0.2) is 11.5 Å². The molecule has 0 aliphatic carbocycles. The Morgan fingerprint density at radius 2 is 2.00 bits per heavy atom. The predicted molar refractivity (Wildman–Crippen MR) is 111 cm³/mol. The minimum Gasteiger partial charge on any atom is -0.493 e. The topological polar surface area (TPSA) is 98.2 Å². The maximum Gasteiger partial charge on any atom is 0.329 e. The average molecular weight is 429 g/mol. The van der Waals surface area contributed by atoms with Crippen molar-refractivity contribution in [2.75, 3.05) is 20.3 Å². The minimum absolute atomic E-state index is 0.0449. The van der Waals surface area contributed by atoms with Crippen LogP contribution in [0.25, 0.3) is 0 Å². The largest absolute Gasteiger partial charge is 0.493 e. The molecule has 9 heteroatoms. The zero-order chi connectivity index (χ0) is 22.1. The normalized spacial score (nSPS) is 15.6. The van der Waals surface area contributed by atoms with Crippen molar-refractivity contribution in [3.8, 4) is 11.5 Å². The van der Waals surface area contributed by atoms with E-state index in [1.165, 1.54) is 25.5 Å². The van der Waals surface area contributed by atoms with Crippen LogP contribution in [0.5, 0.6) is 11.5 Å². The highest BCUT2D eigenvalue weighted by atomic mass is 19.1. The van der Waals surface area contributed by atoms with Crippen LogP contribution in [0.4, 0.5) is 4.39 Å². The third kappa shape index (κ3) is 6.78. The third-order valence-corrected chi connectivity index (χ3v) is 4.60. The van der Waals surface area contributed by atoms with E-state index >= 15 is 0 Å². The molecule has 1 aliphatic rings. The SMILES string of the molecule is COc1cc(/C=N\NC(=O)C(=O)NC[C@H]2CCCO2)ccc1OCc1ccc(F)cc1. The Morgan fingerprint density at radius 1 is 1.19 bits per heavy atom. The predicted octanol–water partition coefficient (Wildman–Crippen LogP) is 2.16. The van der Waals surface area contributed by atoms with Crippen LogP contribution in [0.1, 0.15) is 24.0 Å². The first-order chi connectivity index (χ1) is 15.0. The van der Waals surface area contributed by atoms with E-state index < -0.39 is 11.8 Å². The van der Waals surface area contributed by atoms with Crippen LogP contribution in [-0.2, 0) is 20.9 Å². The quantitative estimate of drug-likeness (QED) is 0.381. The number of rotatable bonds is 8. The summed E-state index contributed by atoms with van der Waals surface area (Å²) in [6, 6.07) is 11.1. The van der Waals surface area contributed by atoms with Gasteiger partial charge in [0.25, 0.3) is 0 Å². The molecule has 1 aliphatic heterocycles. The van der Waals surface area contributed by atoms with Crippen molar-refractivity contribution in [1.29, 1.82) is 0 Å². The second-order valence-electron chi connectivity index (χ2n) is 6.87. The molecule has 2 N–H and O–H groups in total. The Kier molecular flexibility index (Phi) is 7.94. The summed E-state index contributed by atoms with van der Waals surface area (Å²) >= 11 is 0. The Balaban J connectivity index is 1.50. The highest BCUT2D eigenvalue weighted by molar-refractivity contribution is 6.35. The molecule has 8 nitrogen and oxygen atoms in total. The van der Waals surface area contributed by atoms with Gasteiger partial charge in [0.05, 0.1) is 19.4 Å². The van der Waals surface area contributed by atoms with Gasteiger partial charge in [0.2, 0.25) is 0 Å². The van der Waals surface area contributed by atoms with E-state index in [0.29, 0.717) is 30.2 Å². The van der Waals surface area contributed by atoms with Gasteiger partial charge < -0.3 is 19.5 Å². The molecule has 2 amide bonds. The van der Waals surface area contributed by atoms with Gasteiger partial charge in [-0.15, -0.1) is 0 Å². The summed E-state index contributed by atoms with van der Waals surface area (Å²) in [4.78, 5) is 23.6. The summed E-state index contributed by atoms with van der Waals surface area (Å²) in [6.07, 6.45) is 3.16. The molecule has 0 saturated carbocycles. The van der Waals surface area contributed by atoms with E-state index in [1.807, 2.05) is 0 Å². The number of hydrogen-bond donors (Lipinski definition) is 2. The number of methoxy groups -OCH3 is 1. The lowest BCUT2D eigenvalue weighted by Crippen LogP contribution is -2.41. The van der Waals surface area contributed by atoms with Crippen LogP contribution in [0.2, 0.25) is 0 Å². The van der Waals surface area contributed by atoms with E-state index in [9.17, 15) is 14.0 Å². The van der Waals surface area contributed by atoms with Crippen molar-refractivity contribution < 1.29 is 28.2 Å². The second kappa shape index (κ2) is 11.1. The molecule has 0 radical (unpaired) electrons. The van der Waals surface area contributed by atoms with E-state index in [0.717, 1.165) is 18.4 Å². The van der Waals surface area contributed by atoms with Crippen molar-refractivity contribution in [1.82, 2.24) is 10.7 Å². The first-order valence-corrected chi connectivity index (χ1v) is 9.83. The number of ether oxygens (including phenoxy) is 3. The van der Waals surface area contributed by atoms with Crippen LogP contribution < -0.4 is 20.2 Å². The molecule has 2 aromatic rings. The molecule has 0 unspecified atom stereocenters. The first-order valence-electron chi connectivity index (χ1n) is 9.83. The van der Waals surface area contributed by atoms with Crippen LogP contribution in [0.15, 0.2) is 47.6 Å². The molecule has 31 heavy (non-hydrogen) atoms. The lowest BCUT2D eigenvalue weighted by Gasteiger charge is -2.11. The average Bonchev–Trinajstić information content (AvgIpc) is 3.31. The smallest absolute Gasteiger partial charge is 0.329 e. The van der Waals surface area contributed by atoms with Crippen molar-refractivity contribution >= 4 is 18.0 Å². The Bertz CT molecular complexity index is 927. The summed E-state index contributed by atoms with van der Waals surface area (Å²) in [5.74, 6) is -0.971. The first kappa shape index (κ1) is 22.2. The van der Waals surface area contributed by atoms with Gasteiger partial charge >= 0.3 is 11.8 Å². The minimum atomic E-state index is -0.861. The van der Waals surface area contributed by atoms with E-state index in [2.05, 4.69) is 15.8 Å². The van der Waals surface area contributed by atoms with E-state index in [-0.39, 0.29) is 18.5 Å². The lowest BCUT2D eigenvalue weighted by molar-refractivity contribution is -0.139. The highest BCUT2D eigenvalue weighted by Gasteiger charge is 2.19. The van der Waals surface area contributed by atoms with Gasteiger partial charge in [-0.1, -0.05) is 12.1 Å². The molecule has 0 bridgehead atoms. The summed E-state index contributed by atoms with van der Waals surface area (Å²) < 4.78 is 29.4. The van der Waals surface area contributed by atoms with Crippen molar-refractivity contribution in [2.24, 2.45) is 5.10 Å². The summed E-state index contributed by atoms with van der Waals surface area (Å²) in [5.41, 5.74) is 3.63. The van der Waals surface area contributed by atoms with Crippen LogP contribution in [-0.4, -0.2) is 44.4 Å². The van der Waals surface area contributed by atoms with Crippen LogP contribution in [0.3, 0.4) is 0 Å². The number of carbonyl (C=O) groups excluding carboxylic acids is 2. The number of amides is 2. The number of nitrogens with zero attached hydrogens (tertiary/aromatic N) is 1. The van der Waals surface area contributed by atoms with Crippen molar-refractivity contribution in [3.05, 3.63) is 59.4 Å². The van der Waals surface area contributed by atoms with Crippen molar-refractivity contribution in [3.63, 3.8) is 0 Å². The van der Waals surface area contributed by atoms with E-state index in [4.69, 9.17) is 14.2 Å². The number of hydrogen-bond acceptors (Lipinski definition) is 6. The van der Waals surface area contributed by atoms with Crippen LogP contribution >= 0.6 is 0 Å². The molecular formula is C22H24FN3O5. The fraction of sp³-hybridized carbons (Fsp3) is 0.318. The molecular weight excluding hydrogens is 405 g/mol. The molecule has 0 aromatic heterocycles. The Labute approximate surface area is 179 Å². The number of carbonyl (C=O) groups is 2. The number of hydrazone groups is 1. The zero-order valence-corrected chi connectivity index (χ0v) is 17.1. The van der Waals surface area contributed by atoms with Gasteiger partial charge in [-0.2, -0.15) is 5.10 Å². The van der Waals surface area contributed by atoms with Gasteiger partial charge in [0.1, 0.15) is 12.4 Å². The number of nitrogens with one attached hydrogen (secondary N) is 2. The third-order valence-electron chi connectivity index (χ3n) is 4.60. The maximum atomic E-state index is 13.0. The Morgan fingerprint density at radius 3 is 2.71 bits per heavy atom. The lowest BCUT2D eigenvalue weighted by atomic mass is 10.2. The van der Waals surface area contributed by atoms with Crippen molar-refractivity contribution in [2.45, 2.75) is 25.6 Å². The molecule has 2 aromatic carbocycles. The molecule has 0 spiro atoms. The molecule has 1 fully saturated rings. The van der Waals surface area contributed by atoms with Gasteiger partial charge in [-0.25, -0.2) is 9.82 Å². The molecule has 1 saturated heterocycles. The van der Waals surface area contributed by atoms with Gasteiger partial charge in [-0.05, 0) is 54.3 Å². The monoisotopic (exact) mass is 429 g/mol. The summed E-state index contributed by atoms with van der Waals surface area (Å²) in [5, 5.41) is 6.32. The molecule has 164 valence electrons. The molecule has 1 heterocycles. The fourth-order valence-corrected chi connectivity index (χ4v) is 2.93. The number of halogens is 1. The summed E-state index contributed by atoms with van der Waals surface area (Å²) in [6.45, 7) is 1.23. The zero-order valence-electron chi connectivity index (χ0n) is 17.1. The van der Waals surface area contributed by atoms with Crippen LogP contribution in [0, 0.1) is 5.82 Å². The standard InChI is InChI=1S/C22H24FN3O5/c1-29-20-11-16(6-9-19(20)31-14-15-4-7-17(23)8-5-15)12-25-26-22(28)21(27)24-13-18-3-2-10-30-18/h4-9,11-12,18H,2-3,10,13-14H2,1H3,(H,24,27)(H,26,28)/b25-12-/t18-/m1/s1. The second-order valence-corrected chi connectivity index (χ2v) is 6.87. The fourth-order valence-electron chi connectivity index (χ4n) is 2.93. The molecule has 1 atom stereocenters.